The van der Waals surface area contributed by atoms with Crippen LogP contribution in [0.2, 0.25) is 5.02 Å². The zero-order valence-electron chi connectivity index (χ0n) is 9.43. The fourth-order valence-corrected chi connectivity index (χ4v) is 1.91. The number of halogens is 1. The van der Waals surface area contributed by atoms with Crippen molar-refractivity contribution in [2.45, 2.75) is 39.0 Å². The molecule has 0 aliphatic carbocycles. The van der Waals surface area contributed by atoms with Crippen LogP contribution in [0.25, 0.3) is 6.08 Å². The van der Waals surface area contributed by atoms with E-state index >= 15 is 0 Å². The molecule has 0 aromatic heterocycles. The molecule has 82 valence electrons. The van der Waals surface area contributed by atoms with Crippen LogP contribution in [0.1, 0.15) is 43.7 Å². The quantitative estimate of drug-likeness (QED) is 0.587. The van der Waals surface area contributed by atoms with Crippen LogP contribution in [0.15, 0.2) is 24.8 Å². The van der Waals surface area contributed by atoms with E-state index in [1.54, 1.807) is 0 Å². The van der Waals surface area contributed by atoms with Crippen molar-refractivity contribution in [2.24, 2.45) is 0 Å². The Kier molecular flexibility index (Phi) is 5.49. The topological polar surface area (TPSA) is 0 Å². The fraction of sp³-hybridized carbons (Fsp3) is 0.429. The molecule has 0 atom stereocenters. The van der Waals surface area contributed by atoms with E-state index in [1.165, 1.54) is 36.8 Å². The van der Waals surface area contributed by atoms with Gasteiger partial charge in [0.15, 0.2) is 0 Å². The lowest BCUT2D eigenvalue weighted by Crippen LogP contribution is -1.90. The average Bonchev–Trinajstić information content (AvgIpc) is 2.26. The zero-order chi connectivity index (χ0) is 11.1. The summed E-state index contributed by atoms with van der Waals surface area (Å²) in [5.41, 5.74) is 2.55. The van der Waals surface area contributed by atoms with E-state index in [-0.39, 0.29) is 0 Å². The van der Waals surface area contributed by atoms with Gasteiger partial charge >= 0.3 is 0 Å². The van der Waals surface area contributed by atoms with E-state index in [0.29, 0.717) is 0 Å². The van der Waals surface area contributed by atoms with Gasteiger partial charge in [-0.2, -0.15) is 0 Å². The van der Waals surface area contributed by atoms with Gasteiger partial charge in [0.1, 0.15) is 0 Å². The third-order valence-electron chi connectivity index (χ3n) is 2.63. The van der Waals surface area contributed by atoms with Crippen LogP contribution in [0.5, 0.6) is 0 Å². The summed E-state index contributed by atoms with van der Waals surface area (Å²) in [7, 11) is 0. The van der Waals surface area contributed by atoms with Crippen molar-refractivity contribution in [1.82, 2.24) is 0 Å². The normalized spacial score (nSPS) is 10.3. The third kappa shape index (κ3) is 4.09. The van der Waals surface area contributed by atoms with E-state index in [4.69, 9.17) is 11.6 Å². The minimum absolute atomic E-state index is 0.794. The number of rotatable bonds is 6. The Balaban J connectivity index is 2.56. The molecule has 0 aliphatic rings. The van der Waals surface area contributed by atoms with Gasteiger partial charge in [0.05, 0.1) is 0 Å². The molecule has 0 aliphatic heterocycles. The van der Waals surface area contributed by atoms with Gasteiger partial charge in [0.2, 0.25) is 0 Å². The molecule has 0 N–H and O–H groups in total. The highest BCUT2D eigenvalue weighted by Gasteiger charge is 2.00. The monoisotopic (exact) mass is 222 g/mol. The molecule has 0 radical (unpaired) electrons. The van der Waals surface area contributed by atoms with E-state index in [9.17, 15) is 0 Å². The lowest BCUT2D eigenvalue weighted by atomic mass is 10.0. The van der Waals surface area contributed by atoms with Gasteiger partial charge in [0.25, 0.3) is 0 Å². The van der Waals surface area contributed by atoms with Crippen LogP contribution in [0.3, 0.4) is 0 Å². The summed E-state index contributed by atoms with van der Waals surface area (Å²) in [6, 6.07) is 6.07. The summed E-state index contributed by atoms with van der Waals surface area (Å²) in [4.78, 5) is 0. The third-order valence-corrected chi connectivity index (χ3v) is 2.86. The predicted molar refractivity (Wildman–Crippen MR) is 69.4 cm³/mol. The summed E-state index contributed by atoms with van der Waals surface area (Å²) >= 11 is 5.93. The zero-order valence-corrected chi connectivity index (χ0v) is 10.2. The van der Waals surface area contributed by atoms with Gasteiger partial charge in [-0.15, -0.1) is 0 Å². The molecule has 0 heterocycles. The second-order valence-corrected chi connectivity index (χ2v) is 4.29. The smallest absolute Gasteiger partial charge is 0.0412 e. The maximum Gasteiger partial charge on any atom is 0.0412 e. The first kappa shape index (κ1) is 12.3. The van der Waals surface area contributed by atoms with Crippen molar-refractivity contribution >= 4 is 17.7 Å². The van der Waals surface area contributed by atoms with Crippen LogP contribution in [0.4, 0.5) is 0 Å². The second-order valence-electron chi connectivity index (χ2n) is 3.86. The first-order valence-electron chi connectivity index (χ1n) is 5.68. The molecular weight excluding hydrogens is 204 g/mol. The Hall–Kier alpha value is -0.750. The minimum atomic E-state index is 0.794. The van der Waals surface area contributed by atoms with Crippen molar-refractivity contribution in [1.29, 1.82) is 0 Å². The largest absolute Gasteiger partial charge is 0.0985 e. The number of aryl methyl sites for hydroxylation is 1. The number of benzene rings is 1. The van der Waals surface area contributed by atoms with Crippen LogP contribution in [-0.4, -0.2) is 0 Å². The molecule has 1 rings (SSSR count). The number of unbranched alkanes of at least 4 members (excludes halogenated alkanes) is 3. The van der Waals surface area contributed by atoms with Crippen LogP contribution >= 0.6 is 11.6 Å². The molecule has 0 saturated carbocycles. The Bertz CT molecular complexity index is 315. The Labute approximate surface area is 98.0 Å². The maximum absolute atomic E-state index is 5.93. The van der Waals surface area contributed by atoms with E-state index in [1.807, 2.05) is 18.2 Å². The molecule has 0 saturated heterocycles. The van der Waals surface area contributed by atoms with E-state index in [2.05, 4.69) is 19.6 Å². The molecule has 1 heteroatoms. The van der Waals surface area contributed by atoms with Gasteiger partial charge < -0.3 is 0 Å². The first-order valence-corrected chi connectivity index (χ1v) is 6.06. The molecule has 0 nitrogen and oxygen atoms in total. The Morgan fingerprint density at radius 2 is 2.07 bits per heavy atom. The number of hydrogen-bond acceptors (Lipinski definition) is 0. The number of hydrogen-bond donors (Lipinski definition) is 0. The summed E-state index contributed by atoms with van der Waals surface area (Å²) < 4.78 is 0. The highest BCUT2D eigenvalue weighted by molar-refractivity contribution is 6.30. The summed E-state index contributed by atoms with van der Waals surface area (Å²) in [5.74, 6) is 0. The van der Waals surface area contributed by atoms with Crippen molar-refractivity contribution in [2.75, 3.05) is 0 Å². The minimum Gasteiger partial charge on any atom is -0.0985 e. The van der Waals surface area contributed by atoms with Crippen molar-refractivity contribution in [3.05, 3.63) is 40.9 Å². The maximum atomic E-state index is 5.93. The molecule has 0 fully saturated rings. The van der Waals surface area contributed by atoms with Gasteiger partial charge in [-0.1, -0.05) is 56.5 Å². The van der Waals surface area contributed by atoms with E-state index in [0.717, 1.165) is 11.4 Å². The van der Waals surface area contributed by atoms with Gasteiger partial charge in [-0.25, -0.2) is 0 Å². The lowest BCUT2D eigenvalue weighted by molar-refractivity contribution is 0.666. The Morgan fingerprint density at radius 3 is 2.73 bits per heavy atom. The van der Waals surface area contributed by atoms with Gasteiger partial charge in [-0.3, -0.25) is 0 Å². The summed E-state index contributed by atoms with van der Waals surface area (Å²) in [6.45, 7) is 6.05. The Morgan fingerprint density at radius 1 is 1.27 bits per heavy atom. The molecule has 0 unspecified atom stereocenters. The lowest BCUT2D eigenvalue weighted by Gasteiger charge is -2.06. The molecule has 15 heavy (non-hydrogen) atoms. The fourth-order valence-electron chi connectivity index (χ4n) is 1.73. The first-order chi connectivity index (χ1) is 7.27. The van der Waals surface area contributed by atoms with Gasteiger partial charge in [0, 0.05) is 5.02 Å². The molecule has 0 amide bonds. The molecular formula is C14H19Cl. The second kappa shape index (κ2) is 6.68. The van der Waals surface area contributed by atoms with Crippen molar-refractivity contribution < 1.29 is 0 Å². The SMILES string of the molecule is C=Cc1cc(Cl)ccc1CCCCCC. The highest BCUT2D eigenvalue weighted by Crippen LogP contribution is 2.19. The molecule has 1 aromatic rings. The molecule has 0 bridgehead atoms. The van der Waals surface area contributed by atoms with Crippen LogP contribution in [0, 0.1) is 0 Å². The summed E-state index contributed by atoms with van der Waals surface area (Å²) in [6.07, 6.45) is 8.22. The van der Waals surface area contributed by atoms with Gasteiger partial charge in [-0.05, 0) is 36.1 Å². The molecule has 0 spiro atoms. The summed E-state index contributed by atoms with van der Waals surface area (Å²) in [5, 5.41) is 0.794. The highest BCUT2D eigenvalue weighted by atomic mass is 35.5. The predicted octanol–water partition coefficient (Wildman–Crippen LogP) is 5.11. The van der Waals surface area contributed by atoms with E-state index < -0.39 is 0 Å². The standard InChI is InChI=1S/C14H19Cl/c1-3-5-6-7-8-13-9-10-14(15)11-12(13)4-2/h4,9-11H,2-3,5-8H2,1H3. The van der Waals surface area contributed by atoms with Crippen molar-refractivity contribution in [3.63, 3.8) is 0 Å². The molecule has 1 aromatic carbocycles. The van der Waals surface area contributed by atoms with Crippen LogP contribution < -0.4 is 0 Å². The average molecular weight is 223 g/mol. The van der Waals surface area contributed by atoms with Crippen molar-refractivity contribution in [3.8, 4) is 0 Å². The van der Waals surface area contributed by atoms with Crippen LogP contribution in [-0.2, 0) is 6.42 Å².